The van der Waals surface area contributed by atoms with Crippen molar-refractivity contribution in [2.45, 2.75) is 115 Å². The number of rotatable bonds is 18. The van der Waals surface area contributed by atoms with Crippen LogP contribution in [0.5, 0.6) is 0 Å². The Balaban J connectivity index is 0.00000729. The largest absolute Gasteiger partial charge is 1.00 e. The van der Waals surface area contributed by atoms with E-state index in [0.717, 1.165) is 13.0 Å². The van der Waals surface area contributed by atoms with Gasteiger partial charge in [0, 0.05) is 6.54 Å². The van der Waals surface area contributed by atoms with Crippen LogP contribution in [0.15, 0.2) is 5.16 Å². The Labute approximate surface area is 205 Å². The number of hydrogen-bond donors (Lipinski definition) is 2. The van der Waals surface area contributed by atoms with E-state index in [1.807, 2.05) is 0 Å². The molecule has 1 rings (SSSR count). The van der Waals surface area contributed by atoms with Crippen molar-refractivity contribution < 1.29 is 29.6 Å². The molecule has 0 aliphatic heterocycles. The van der Waals surface area contributed by atoms with Gasteiger partial charge in [-0.3, -0.25) is 0 Å². The van der Waals surface area contributed by atoms with E-state index in [-0.39, 0.29) is 29.6 Å². The molecule has 0 aliphatic rings. The van der Waals surface area contributed by atoms with Crippen molar-refractivity contribution in [3.63, 3.8) is 0 Å². The molecule has 0 radical (unpaired) electrons. The zero-order valence-electron chi connectivity index (χ0n) is 18.2. The quantitative estimate of drug-likeness (QED) is 0.158. The molecular formula is C21H39N4NaS2. The molecule has 4 nitrogen and oxygen atoms in total. The Morgan fingerprint density at radius 3 is 1.61 bits per heavy atom. The van der Waals surface area contributed by atoms with Crippen molar-refractivity contribution in [2.24, 2.45) is 0 Å². The van der Waals surface area contributed by atoms with Crippen molar-refractivity contribution in [1.82, 2.24) is 15.0 Å². The van der Waals surface area contributed by atoms with E-state index < -0.39 is 0 Å². The monoisotopic (exact) mass is 434 g/mol. The molecule has 0 fully saturated rings. The van der Waals surface area contributed by atoms with Crippen LogP contribution < -0.4 is 34.9 Å². The molecular weight excluding hydrogens is 395 g/mol. The second-order valence-corrected chi connectivity index (χ2v) is 8.27. The first-order chi connectivity index (χ1) is 13.2. The summed E-state index contributed by atoms with van der Waals surface area (Å²) in [5.41, 5.74) is 0. The number of nitrogens with zero attached hydrogens (tertiary/aromatic N) is 2. The van der Waals surface area contributed by atoms with Crippen LogP contribution in [0, 0.1) is 4.77 Å². The van der Waals surface area contributed by atoms with Crippen molar-refractivity contribution in [1.29, 1.82) is 0 Å². The average molecular weight is 435 g/mol. The van der Waals surface area contributed by atoms with Gasteiger partial charge in [-0.15, -0.1) is 0 Å². The number of hydrogen-bond acceptors (Lipinski definition) is 5. The molecule has 0 spiro atoms. The average Bonchev–Trinajstić information content (AvgIpc) is 2.63. The maximum absolute atomic E-state index is 4.99. The molecule has 156 valence electrons. The van der Waals surface area contributed by atoms with E-state index in [4.69, 9.17) is 24.8 Å². The standard InChI is InChI=1S/C21H40N4S2.Na/c1-2-3-4-5-6-7-8-9-10-11-12-13-14-15-16-17-18-22-19-23-20(26)25-21(27)24-19;/h2-18H2,1H3,(H3,22,23,24,25,26,27);/q;+1/p-1. The zero-order valence-corrected chi connectivity index (χ0v) is 21.9. The van der Waals surface area contributed by atoms with Gasteiger partial charge in [-0.25, -0.2) is 4.98 Å². The van der Waals surface area contributed by atoms with Gasteiger partial charge in [0.05, 0.1) is 0 Å². The molecule has 28 heavy (non-hydrogen) atoms. The Bertz CT molecular complexity index is 525. The Hall–Kier alpha value is 0.250. The predicted molar refractivity (Wildman–Crippen MR) is 121 cm³/mol. The van der Waals surface area contributed by atoms with Gasteiger partial charge in [-0.1, -0.05) is 103 Å². The minimum Gasteiger partial charge on any atom is -0.742 e. The summed E-state index contributed by atoms with van der Waals surface area (Å²) < 4.78 is 0.299. The molecule has 1 aromatic heterocycles. The molecule has 0 aliphatic carbocycles. The first-order valence-corrected chi connectivity index (χ1v) is 11.9. The molecule has 1 aromatic rings. The van der Waals surface area contributed by atoms with Crippen LogP contribution in [-0.4, -0.2) is 21.5 Å². The second-order valence-electron chi connectivity index (χ2n) is 7.52. The van der Waals surface area contributed by atoms with Gasteiger partial charge >= 0.3 is 29.6 Å². The number of aromatic nitrogens is 3. The van der Waals surface area contributed by atoms with Crippen molar-refractivity contribution in [2.75, 3.05) is 11.9 Å². The molecule has 2 N–H and O–H groups in total. The number of unbranched alkanes of at least 4 members (excludes halogenated alkanes) is 15. The van der Waals surface area contributed by atoms with E-state index >= 15 is 0 Å². The molecule has 0 aromatic carbocycles. The summed E-state index contributed by atoms with van der Waals surface area (Å²) in [6.07, 6.45) is 22.2. The molecule has 0 atom stereocenters. The molecule has 0 unspecified atom stereocenters. The van der Waals surface area contributed by atoms with Crippen molar-refractivity contribution in [3.05, 3.63) is 4.77 Å². The van der Waals surface area contributed by atoms with E-state index in [1.165, 1.54) is 96.3 Å². The maximum atomic E-state index is 4.99. The van der Waals surface area contributed by atoms with E-state index in [0.29, 0.717) is 15.9 Å². The van der Waals surface area contributed by atoms with Crippen LogP contribution in [0.25, 0.3) is 0 Å². The van der Waals surface area contributed by atoms with Crippen LogP contribution in [0.2, 0.25) is 0 Å². The van der Waals surface area contributed by atoms with Gasteiger partial charge in [0.2, 0.25) is 10.7 Å². The first-order valence-electron chi connectivity index (χ1n) is 11.1. The Morgan fingerprint density at radius 2 is 1.18 bits per heavy atom. The fourth-order valence-electron chi connectivity index (χ4n) is 3.33. The van der Waals surface area contributed by atoms with Gasteiger partial charge in [0.15, 0.2) is 0 Å². The molecule has 0 amide bonds. The number of H-pyrrole nitrogens is 1. The third-order valence-electron chi connectivity index (χ3n) is 4.95. The third-order valence-corrected chi connectivity index (χ3v) is 5.33. The molecule has 1 heterocycles. The Kier molecular flexibility index (Phi) is 20.7. The first kappa shape index (κ1) is 28.2. The zero-order chi connectivity index (χ0) is 19.6. The number of nitrogens with one attached hydrogen (secondary N) is 2. The van der Waals surface area contributed by atoms with Gasteiger partial charge in [-0.05, 0) is 23.8 Å². The minimum atomic E-state index is 0. The summed E-state index contributed by atoms with van der Waals surface area (Å²) in [5, 5.41) is 3.63. The van der Waals surface area contributed by atoms with Gasteiger partial charge in [-0.2, -0.15) is 4.98 Å². The van der Waals surface area contributed by atoms with E-state index in [2.05, 4.69) is 27.2 Å². The SMILES string of the molecule is CCCCCCCCCCCCCCCCCCNc1nc(=S)nc([S-])[nH]1.[Na+]. The summed E-state index contributed by atoms with van der Waals surface area (Å²) in [5.74, 6) is 0.640. The van der Waals surface area contributed by atoms with Crippen molar-refractivity contribution in [3.8, 4) is 0 Å². The normalized spacial score (nSPS) is 10.6. The molecule has 0 saturated carbocycles. The third kappa shape index (κ3) is 17.1. The fourth-order valence-corrected chi connectivity index (χ4v) is 3.75. The smallest absolute Gasteiger partial charge is 0.742 e. The van der Waals surface area contributed by atoms with Crippen LogP contribution in [0.1, 0.15) is 110 Å². The van der Waals surface area contributed by atoms with E-state index in [1.54, 1.807) is 0 Å². The van der Waals surface area contributed by atoms with Crippen LogP contribution >= 0.6 is 12.2 Å². The van der Waals surface area contributed by atoms with Crippen LogP contribution in [0.4, 0.5) is 5.95 Å². The summed E-state index contributed by atoms with van der Waals surface area (Å²) in [6.45, 7) is 3.18. The summed E-state index contributed by atoms with van der Waals surface area (Å²) in [6, 6.07) is 0. The summed E-state index contributed by atoms with van der Waals surface area (Å²) in [4.78, 5) is 10.9. The topological polar surface area (TPSA) is 53.6 Å². The molecule has 0 saturated heterocycles. The predicted octanol–water partition coefficient (Wildman–Crippen LogP) is 4.12. The molecule has 7 heteroatoms. The second kappa shape index (κ2) is 20.5. The molecule has 0 bridgehead atoms. The fraction of sp³-hybridized carbons (Fsp3) is 0.857. The van der Waals surface area contributed by atoms with Crippen molar-refractivity contribution >= 4 is 30.8 Å². The maximum Gasteiger partial charge on any atom is 1.00 e. The van der Waals surface area contributed by atoms with Gasteiger partial charge in [0.25, 0.3) is 0 Å². The summed E-state index contributed by atoms with van der Waals surface area (Å²) >= 11 is 9.95. The van der Waals surface area contributed by atoms with Crippen LogP contribution in [-0.2, 0) is 12.6 Å². The minimum absolute atomic E-state index is 0. The van der Waals surface area contributed by atoms with Gasteiger partial charge < -0.3 is 22.9 Å². The van der Waals surface area contributed by atoms with E-state index in [9.17, 15) is 0 Å². The van der Waals surface area contributed by atoms with Crippen LogP contribution in [0.3, 0.4) is 0 Å². The number of aromatic amines is 1. The Morgan fingerprint density at radius 1 is 0.750 bits per heavy atom. The summed E-state index contributed by atoms with van der Waals surface area (Å²) in [7, 11) is 0. The number of anilines is 1. The van der Waals surface area contributed by atoms with Gasteiger partial charge in [0.1, 0.15) is 0 Å².